The van der Waals surface area contributed by atoms with Gasteiger partial charge in [-0.25, -0.2) is 0 Å². The summed E-state index contributed by atoms with van der Waals surface area (Å²) >= 11 is 0. The van der Waals surface area contributed by atoms with Crippen molar-refractivity contribution in [2.24, 2.45) is 5.92 Å². The summed E-state index contributed by atoms with van der Waals surface area (Å²) in [7, 11) is 0. The fraction of sp³-hybridized carbons (Fsp3) is 0.778. The molecular formula is C9H18. The molecule has 0 nitrogen and oxygen atoms in total. The first kappa shape index (κ1) is 8.74. The second kappa shape index (κ2) is 5.87. The highest BCUT2D eigenvalue weighted by Gasteiger charge is 1.87. The number of allylic oxidation sites excluding steroid dienone is 2. The number of hydrogen-bond acceptors (Lipinski definition) is 0. The maximum absolute atomic E-state index is 2.31. The van der Waals surface area contributed by atoms with E-state index in [0.29, 0.717) is 0 Å². The lowest BCUT2D eigenvalue weighted by Crippen LogP contribution is -1.83. The van der Waals surface area contributed by atoms with Gasteiger partial charge in [0.25, 0.3) is 0 Å². The summed E-state index contributed by atoms with van der Waals surface area (Å²) in [5.74, 6) is 0.775. The molecule has 0 aromatic heterocycles. The van der Waals surface area contributed by atoms with Crippen molar-refractivity contribution in [1.82, 2.24) is 0 Å². The first-order valence-electron chi connectivity index (χ1n) is 3.97. The lowest BCUT2D eigenvalue weighted by atomic mass is 10.1. The van der Waals surface area contributed by atoms with Crippen LogP contribution in [0.4, 0.5) is 0 Å². The molecule has 0 fully saturated rings. The van der Waals surface area contributed by atoms with E-state index in [1.54, 1.807) is 0 Å². The van der Waals surface area contributed by atoms with Gasteiger partial charge in [0.15, 0.2) is 0 Å². The molecule has 0 amide bonds. The first-order valence-corrected chi connectivity index (χ1v) is 3.97. The molecule has 0 unspecified atom stereocenters. The van der Waals surface area contributed by atoms with E-state index in [2.05, 4.69) is 32.9 Å². The molecule has 0 aliphatic heterocycles. The van der Waals surface area contributed by atoms with Crippen LogP contribution in [0.25, 0.3) is 0 Å². The number of hydrogen-bond donors (Lipinski definition) is 0. The van der Waals surface area contributed by atoms with Gasteiger partial charge in [0, 0.05) is 0 Å². The van der Waals surface area contributed by atoms with Gasteiger partial charge in [-0.1, -0.05) is 45.8 Å². The van der Waals surface area contributed by atoms with E-state index in [1.807, 2.05) is 0 Å². The fourth-order valence-corrected chi connectivity index (χ4v) is 0.631. The standard InChI is InChI=1S/C9H18/c1-4-6-7-8-9(3)5-2/h7-9H,4-6H2,1-3H3/b8-7-/t9-/m0/s1. The predicted octanol–water partition coefficient (Wildman–Crippen LogP) is 3.39. The Labute approximate surface area is 59.0 Å². The number of rotatable bonds is 4. The monoisotopic (exact) mass is 126 g/mol. The van der Waals surface area contributed by atoms with Crippen LogP contribution in [-0.4, -0.2) is 0 Å². The van der Waals surface area contributed by atoms with Gasteiger partial charge < -0.3 is 0 Å². The summed E-state index contributed by atoms with van der Waals surface area (Å²) in [6, 6.07) is 0. The summed E-state index contributed by atoms with van der Waals surface area (Å²) in [5, 5.41) is 0. The minimum absolute atomic E-state index is 0.775. The molecule has 0 bridgehead atoms. The lowest BCUT2D eigenvalue weighted by Gasteiger charge is -1.97. The van der Waals surface area contributed by atoms with Crippen LogP contribution in [0.3, 0.4) is 0 Å². The molecule has 0 aromatic carbocycles. The van der Waals surface area contributed by atoms with Crippen molar-refractivity contribution >= 4 is 0 Å². The molecule has 9 heavy (non-hydrogen) atoms. The number of unbranched alkanes of at least 4 members (excludes halogenated alkanes) is 1. The van der Waals surface area contributed by atoms with E-state index in [-0.39, 0.29) is 0 Å². The van der Waals surface area contributed by atoms with Crippen molar-refractivity contribution in [2.45, 2.75) is 40.0 Å². The Morgan fingerprint density at radius 1 is 1.33 bits per heavy atom. The molecule has 54 valence electrons. The lowest BCUT2D eigenvalue weighted by molar-refractivity contribution is 0.694. The van der Waals surface area contributed by atoms with Crippen LogP contribution in [0.5, 0.6) is 0 Å². The summed E-state index contributed by atoms with van der Waals surface area (Å²) in [4.78, 5) is 0. The van der Waals surface area contributed by atoms with Gasteiger partial charge >= 0.3 is 0 Å². The molecule has 0 radical (unpaired) electrons. The second-order valence-electron chi connectivity index (χ2n) is 2.60. The largest absolute Gasteiger partial charge is 0.0883 e. The van der Waals surface area contributed by atoms with Gasteiger partial charge in [-0.15, -0.1) is 0 Å². The van der Waals surface area contributed by atoms with Crippen LogP contribution in [0.2, 0.25) is 0 Å². The van der Waals surface area contributed by atoms with Crippen LogP contribution in [0.1, 0.15) is 40.0 Å². The van der Waals surface area contributed by atoms with Gasteiger partial charge in [0.2, 0.25) is 0 Å². The molecule has 0 heteroatoms. The van der Waals surface area contributed by atoms with E-state index in [9.17, 15) is 0 Å². The van der Waals surface area contributed by atoms with Gasteiger partial charge in [-0.05, 0) is 12.3 Å². The summed E-state index contributed by atoms with van der Waals surface area (Å²) in [6.07, 6.45) is 8.37. The van der Waals surface area contributed by atoms with Crippen LogP contribution in [0, 0.1) is 5.92 Å². The highest BCUT2D eigenvalue weighted by atomic mass is 13.9. The molecule has 0 N–H and O–H groups in total. The van der Waals surface area contributed by atoms with Crippen molar-refractivity contribution in [3.8, 4) is 0 Å². The van der Waals surface area contributed by atoms with Gasteiger partial charge in [-0.3, -0.25) is 0 Å². The van der Waals surface area contributed by atoms with Crippen molar-refractivity contribution in [2.75, 3.05) is 0 Å². The van der Waals surface area contributed by atoms with Crippen molar-refractivity contribution < 1.29 is 0 Å². The Balaban J connectivity index is 3.20. The minimum atomic E-state index is 0.775. The summed E-state index contributed by atoms with van der Waals surface area (Å²) in [6.45, 7) is 6.69. The Hall–Kier alpha value is -0.260. The Morgan fingerprint density at radius 3 is 2.44 bits per heavy atom. The van der Waals surface area contributed by atoms with E-state index < -0.39 is 0 Å². The highest BCUT2D eigenvalue weighted by molar-refractivity contribution is 4.85. The predicted molar refractivity (Wildman–Crippen MR) is 43.5 cm³/mol. The van der Waals surface area contributed by atoms with E-state index >= 15 is 0 Å². The Kier molecular flexibility index (Phi) is 5.70. The maximum atomic E-state index is 2.31. The van der Waals surface area contributed by atoms with Crippen LogP contribution in [-0.2, 0) is 0 Å². The topological polar surface area (TPSA) is 0 Å². The Bertz CT molecular complexity index is 72.1. The van der Waals surface area contributed by atoms with E-state index in [1.165, 1.54) is 19.3 Å². The molecule has 0 saturated carbocycles. The van der Waals surface area contributed by atoms with Crippen molar-refractivity contribution in [3.05, 3.63) is 12.2 Å². The van der Waals surface area contributed by atoms with Gasteiger partial charge in [-0.2, -0.15) is 0 Å². The van der Waals surface area contributed by atoms with Gasteiger partial charge in [0.1, 0.15) is 0 Å². The minimum Gasteiger partial charge on any atom is -0.0883 e. The van der Waals surface area contributed by atoms with Crippen molar-refractivity contribution in [1.29, 1.82) is 0 Å². The average Bonchev–Trinajstić information content (AvgIpc) is 1.89. The summed E-state index contributed by atoms with van der Waals surface area (Å²) in [5.41, 5.74) is 0. The third kappa shape index (κ3) is 5.61. The molecular weight excluding hydrogens is 108 g/mol. The van der Waals surface area contributed by atoms with Gasteiger partial charge in [0.05, 0.1) is 0 Å². The zero-order valence-corrected chi connectivity index (χ0v) is 6.85. The molecule has 0 aliphatic carbocycles. The molecule has 0 rings (SSSR count). The van der Waals surface area contributed by atoms with Crippen LogP contribution in [0.15, 0.2) is 12.2 Å². The fourth-order valence-electron chi connectivity index (χ4n) is 0.631. The smallest absolute Gasteiger partial charge is 0.0265 e. The molecule has 1 atom stereocenters. The summed E-state index contributed by atoms with van der Waals surface area (Å²) < 4.78 is 0. The highest BCUT2D eigenvalue weighted by Crippen LogP contribution is 2.02. The zero-order valence-electron chi connectivity index (χ0n) is 6.85. The average molecular weight is 126 g/mol. The molecule has 0 aliphatic rings. The van der Waals surface area contributed by atoms with Crippen LogP contribution >= 0.6 is 0 Å². The van der Waals surface area contributed by atoms with Crippen LogP contribution < -0.4 is 0 Å². The molecule has 0 saturated heterocycles. The normalized spacial score (nSPS) is 14.6. The quantitative estimate of drug-likeness (QED) is 0.506. The molecule has 0 aromatic rings. The Morgan fingerprint density at radius 2 is 2.00 bits per heavy atom. The second-order valence-corrected chi connectivity index (χ2v) is 2.60. The SMILES string of the molecule is CCC/C=C\[C@@H](C)CC. The van der Waals surface area contributed by atoms with E-state index in [4.69, 9.17) is 0 Å². The first-order chi connectivity index (χ1) is 4.31. The zero-order chi connectivity index (χ0) is 7.11. The third-order valence-electron chi connectivity index (χ3n) is 1.56. The van der Waals surface area contributed by atoms with E-state index in [0.717, 1.165) is 5.92 Å². The molecule has 0 spiro atoms. The molecule has 0 heterocycles. The third-order valence-corrected chi connectivity index (χ3v) is 1.56. The van der Waals surface area contributed by atoms with Crippen molar-refractivity contribution in [3.63, 3.8) is 0 Å². The maximum Gasteiger partial charge on any atom is -0.0265 e.